The van der Waals surface area contributed by atoms with E-state index in [1.54, 1.807) is 18.3 Å². The fourth-order valence-corrected chi connectivity index (χ4v) is 1.84. The first-order chi connectivity index (χ1) is 9.63. The predicted octanol–water partition coefficient (Wildman–Crippen LogP) is 2.56. The van der Waals surface area contributed by atoms with Crippen LogP contribution < -0.4 is 0 Å². The highest BCUT2D eigenvalue weighted by Gasteiger charge is 2.22. The molecule has 0 aliphatic rings. The van der Waals surface area contributed by atoms with Crippen molar-refractivity contribution in [1.82, 2.24) is 9.88 Å². The molecule has 1 heterocycles. The van der Waals surface area contributed by atoms with Crippen LogP contribution in [0.15, 0.2) is 48.8 Å². The molecule has 0 spiro atoms. The fourth-order valence-electron chi connectivity index (χ4n) is 1.84. The van der Waals surface area contributed by atoms with E-state index in [2.05, 4.69) is 11.1 Å². The average Bonchev–Trinajstić information content (AvgIpc) is 2.50. The topological polar surface area (TPSA) is 57.0 Å². The molecule has 0 radical (unpaired) electrons. The Morgan fingerprint density at radius 2 is 2.05 bits per heavy atom. The summed E-state index contributed by atoms with van der Waals surface area (Å²) in [7, 11) is 1.53. The van der Waals surface area contributed by atoms with Crippen LogP contribution in [0.2, 0.25) is 0 Å². The Bertz CT molecular complexity index is 634. The van der Waals surface area contributed by atoms with Crippen molar-refractivity contribution in [2.45, 2.75) is 6.04 Å². The lowest BCUT2D eigenvalue weighted by atomic mass is 10.1. The van der Waals surface area contributed by atoms with E-state index in [0.717, 1.165) is 0 Å². The third kappa shape index (κ3) is 2.81. The second-order valence-corrected chi connectivity index (χ2v) is 4.24. The first-order valence-electron chi connectivity index (χ1n) is 5.95. The van der Waals surface area contributed by atoms with Crippen molar-refractivity contribution in [1.29, 1.82) is 5.26 Å². The number of benzene rings is 1. The van der Waals surface area contributed by atoms with Gasteiger partial charge >= 0.3 is 0 Å². The number of nitriles is 1. The van der Waals surface area contributed by atoms with E-state index >= 15 is 0 Å². The number of pyridine rings is 1. The number of amides is 1. The Balaban J connectivity index is 2.26. The lowest BCUT2D eigenvalue weighted by Gasteiger charge is -2.23. The molecule has 5 heteroatoms. The summed E-state index contributed by atoms with van der Waals surface area (Å²) in [6.45, 7) is 0. The third-order valence-electron chi connectivity index (χ3n) is 2.92. The predicted molar refractivity (Wildman–Crippen MR) is 71.1 cm³/mol. The van der Waals surface area contributed by atoms with E-state index in [4.69, 9.17) is 0 Å². The molecule has 1 atom stereocenters. The molecule has 1 unspecified atom stereocenters. The highest BCUT2D eigenvalue weighted by molar-refractivity contribution is 5.94. The summed E-state index contributed by atoms with van der Waals surface area (Å²) in [5, 5.41) is 9.26. The van der Waals surface area contributed by atoms with Crippen molar-refractivity contribution in [3.8, 4) is 6.07 Å². The maximum atomic E-state index is 12.9. The van der Waals surface area contributed by atoms with E-state index in [1.165, 1.54) is 42.4 Å². The van der Waals surface area contributed by atoms with Gasteiger partial charge in [-0.25, -0.2) is 4.39 Å². The van der Waals surface area contributed by atoms with E-state index in [9.17, 15) is 14.4 Å². The summed E-state index contributed by atoms with van der Waals surface area (Å²) in [5.41, 5.74) is 0.964. The summed E-state index contributed by atoms with van der Waals surface area (Å²) >= 11 is 0. The van der Waals surface area contributed by atoms with Crippen LogP contribution in [0.4, 0.5) is 4.39 Å². The molecule has 2 rings (SSSR count). The molecule has 100 valence electrons. The van der Waals surface area contributed by atoms with Gasteiger partial charge in [-0.1, -0.05) is 12.1 Å². The van der Waals surface area contributed by atoms with Crippen LogP contribution in [0.25, 0.3) is 0 Å². The minimum absolute atomic E-state index is 0.311. The van der Waals surface area contributed by atoms with Crippen LogP contribution >= 0.6 is 0 Å². The smallest absolute Gasteiger partial charge is 0.256 e. The van der Waals surface area contributed by atoms with Crippen molar-refractivity contribution in [3.63, 3.8) is 0 Å². The lowest BCUT2D eigenvalue weighted by molar-refractivity contribution is 0.0763. The van der Waals surface area contributed by atoms with Gasteiger partial charge in [-0.05, 0) is 29.8 Å². The van der Waals surface area contributed by atoms with Crippen LogP contribution in [-0.2, 0) is 0 Å². The number of hydrogen-bond donors (Lipinski definition) is 0. The highest BCUT2D eigenvalue weighted by atomic mass is 19.1. The lowest BCUT2D eigenvalue weighted by Crippen LogP contribution is -2.30. The normalized spacial score (nSPS) is 11.4. The van der Waals surface area contributed by atoms with Gasteiger partial charge in [0.05, 0.1) is 11.6 Å². The second-order valence-electron chi connectivity index (χ2n) is 4.24. The maximum absolute atomic E-state index is 12.9. The summed E-state index contributed by atoms with van der Waals surface area (Å²) < 4.78 is 12.9. The summed E-state index contributed by atoms with van der Waals surface area (Å²) in [5.74, 6) is -0.694. The van der Waals surface area contributed by atoms with Gasteiger partial charge < -0.3 is 4.90 Å². The van der Waals surface area contributed by atoms with Crippen molar-refractivity contribution in [2.75, 3.05) is 7.05 Å². The van der Waals surface area contributed by atoms with Gasteiger partial charge in [-0.2, -0.15) is 5.26 Å². The number of halogens is 1. The molecular weight excluding hydrogens is 257 g/mol. The molecule has 20 heavy (non-hydrogen) atoms. The van der Waals surface area contributed by atoms with Crippen molar-refractivity contribution < 1.29 is 9.18 Å². The molecule has 0 saturated carbocycles. The molecule has 1 aromatic carbocycles. The Hall–Kier alpha value is -2.74. The average molecular weight is 269 g/mol. The van der Waals surface area contributed by atoms with Gasteiger partial charge in [0.25, 0.3) is 5.91 Å². The summed E-state index contributed by atoms with van der Waals surface area (Å²) in [6.07, 6.45) is 3.01. The van der Waals surface area contributed by atoms with Gasteiger partial charge in [-0.15, -0.1) is 0 Å². The third-order valence-corrected chi connectivity index (χ3v) is 2.92. The largest absolute Gasteiger partial charge is 0.322 e. The first-order valence-corrected chi connectivity index (χ1v) is 5.95. The Morgan fingerprint density at radius 1 is 1.35 bits per heavy atom. The van der Waals surface area contributed by atoms with Crippen molar-refractivity contribution in [3.05, 3.63) is 65.7 Å². The Labute approximate surface area is 116 Å². The Morgan fingerprint density at radius 3 is 2.60 bits per heavy atom. The Kier molecular flexibility index (Phi) is 4.06. The quantitative estimate of drug-likeness (QED) is 0.860. The van der Waals surface area contributed by atoms with Gasteiger partial charge in [-0.3, -0.25) is 9.78 Å². The molecule has 1 aromatic heterocycles. The molecule has 4 nitrogen and oxygen atoms in total. The molecule has 0 aliphatic heterocycles. The fraction of sp³-hybridized carbons (Fsp3) is 0.133. The van der Waals surface area contributed by atoms with Crippen LogP contribution in [0.3, 0.4) is 0 Å². The zero-order valence-electron chi connectivity index (χ0n) is 10.8. The monoisotopic (exact) mass is 269 g/mol. The summed E-state index contributed by atoms with van der Waals surface area (Å²) in [6, 6.07) is 10.1. The number of hydrogen-bond acceptors (Lipinski definition) is 3. The van der Waals surface area contributed by atoms with Crippen molar-refractivity contribution >= 4 is 5.91 Å². The molecule has 0 saturated heterocycles. The minimum Gasteiger partial charge on any atom is -0.322 e. The standard InChI is InChI=1S/C15H12FN3O/c1-19(15(20)12-3-2-8-18-10-12)14(9-17)11-4-6-13(16)7-5-11/h2-8,10,14H,1H3. The zero-order valence-corrected chi connectivity index (χ0v) is 10.8. The summed E-state index contributed by atoms with van der Waals surface area (Å²) in [4.78, 5) is 17.4. The first kappa shape index (κ1) is 13.7. The molecule has 1 amide bonds. The molecule has 2 aromatic rings. The number of aromatic nitrogens is 1. The number of carbonyl (C=O) groups is 1. The van der Waals surface area contributed by atoms with Gasteiger partial charge in [0.15, 0.2) is 0 Å². The van der Waals surface area contributed by atoms with E-state index in [1.807, 2.05) is 0 Å². The van der Waals surface area contributed by atoms with Gasteiger partial charge in [0.2, 0.25) is 0 Å². The van der Waals surface area contributed by atoms with E-state index in [-0.39, 0.29) is 11.7 Å². The molecular formula is C15H12FN3O. The number of rotatable bonds is 3. The second kappa shape index (κ2) is 5.93. The van der Waals surface area contributed by atoms with E-state index < -0.39 is 6.04 Å². The van der Waals surface area contributed by atoms with Crippen LogP contribution in [0.5, 0.6) is 0 Å². The van der Waals surface area contributed by atoms with E-state index in [0.29, 0.717) is 11.1 Å². The van der Waals surface area contributed by atoms with Crippen LogP contribution in [-0.4, -0.2) is 22.8 Å². The number of carbonyl (C=O) groups excluding carboxylic acids is 1. The van der Waals surface area contributed by atoms with Crippen molar-refractivity contribution in [2.24, 2.45) is 0 Å². The number of nitrogens with zero attached hydrogens (tertiary/aromatic N) is 3. The maximum Gasteiger partial charge on any atom is 0.256 e. The molecule has 0 N–H and O–H groups in total. The zero-order chi connectivity index (χ0) is 14.5. The molecule has 0 fully saturated rings. The SMILES string of the molecule is CN(C(=O)c1cccnc1)C(C#N)c1ccc(F)cc1. The van der Waals surface area contributed by atoms with Gasteiger partial charge in [0, 0.05) is 19.4 Å². The molecule has 0 bridgehead atoms. The highest BCUT2D eigenvalue weighted by Crippen LogP contribution is 2.20. The van der Waals surface area contributed by atoms with Gasteiger partial charge in [0.1, 0.15) is 11.9 Å². The van der Waals surface area contributed by atoms with Crippen LogP contribution in [0, 0.1) is 17.1 Å². The minimum atomic E-state index is -0.775. The van der Waals surface area contributed by atoms with Crippen LogP contribution in [0.1, 0.15) is 22.0 Å². The molecule has 0 aliphatic carbocycles.